The van der Waals surface area contributed by atoms with Crippen molar-refractivity contribution < 1.29 is 14.7 Å². The van der Waals surface area contributed by atoms with Gasteiger partial charge in [-0.15, -0.1) is 0 Å². The van der Waals surface area contributed by atoms with E-state index in [2.05, 4.69) is 5.16 Å². The molecule has 12 heavy (non-hydrogen) atoms. The second kappa shape index (κ2) is 2.88. The van der Waals surface area contributed by atoms with Crippen molar-refractivity contribution >= 4 is 0 Å². The summed E-state index contributed by atoms with van der Waals surface area (Å²) in [5.74, 6) is -1.35. The fraction of sp³-hybridized carbons (Fsp3) is 0.625. The zero-order chi connectivity index (χ0) is 9.35. The van der Waals surface area contributed by atoms with Crippen LogP contribution >= 0.6 is 0 Å². The third-order valence-corrected chi connectivity index (χ3v) is 1.93. The van der Waals surface area contributed by atoms with Gasteiger partial charge in [0.25, 0.3) is 0 Å². The predicted molar refractivity (Wildman–Crippen MR) is 42.4 cm³/mol. The van der Waals surface area contributed by atoms with Crippen molar-refractivity contribution in [1.82, 2.24) is 5.16 Å². The summed E-state index contributed by atoms with van der Waals surface area (Å²) < 4.78 is 4.81. The van der Waals surface area contributed by atoms with Crippen molar-refractivity contribution in [3.05, 3.63) is 17.0 Å². The van der Waals surface area contributed by atoms with Crippen LogP contribution < -0.4 is 0 Å². The van der Waals surface area contributed by atoms with Crippen LogP contribution in [0.15, 0.2) is 4.52 Å². The maximum Gasteiger partial charge on any atom is 0.194 e. The number of aliphatic hydroxyl groups is 2. The maximum atomic E-state index is 9.50. The monoisotopic (exact) mass is 171 g/mol. The summed E-state index contributed by atoms with van der Waals surface area (Å²) in [6, 6.07) is 0. The van der Waals surface area contributed by atoms with Gasteiger partial charge in [0.1, 0.15) is 5.76 Å². The molecule has 1 rings (SSSR count). The molecule has 0 spiro atoms. The van der Waals surface area contributed by atoms with Crippen molar-refractivity contribution in [2.45, 2.75) is 33.0 Å². The van der Waals surface area contributed by atoms with E-state index in [-0.39, 0.29) is 6.42 Å². The molecule has 0 unspecified atom stereocenters. The molecule has 0 bridgehead atoms. The number of hydrogen-bond acceptors (Lipinski definition) is 4. The Bertz CT molecular complexity index is 258. The first-order valence-electron chi connectivity index (χ1n) is 3.87. The van der Waals surface area contributed by atoms with Crippen LogP contribution in [-0.4, -0.2) is 15.4 Å². The van der Waals surface area contributed by atoms with Gasteiger partial charge in [0.2, 0.25) is 0 Å². The minimum absolute atomic E-state index is 0.218. The Morgan fingerprint density at radius 2 is 2.00 bits per heavy atom. The van der Waals surface area contributed by atoms with E-state index in [0.717, 1.165) is 0 Å². The molecule has 1 aromatic heterocycles. The van der Waals surface area contributed by atoms with E-state index in [0.29, 0.717) is 17.0 Å². The Hall–Kier alpha value is -0.870. The lowest BCUT2D eigenvalue weighted by Crippen LogP contribution is -2.25. The molecule has 4 heteroatoms. The molecule has 0 saturated heterocycles. The molecule has 4 nitrogen and oxygen atoms in total. The molecule has 0 aliphatic rings. The topological polar surface area (TPSA) is 66.5 Å². The van der Waals surface area contributed by atoms with Crippen LogP contribution in [0, 0.1) is 13.8 Å². The van der Waals surface area contributed by atoms with Crippen LogP contribution in [0.25, 0.3) is 0 Å². The second-order valence-corrected chi connectivity index (χ2v) is 2.87. The Morgan fingerprint density at radius 1 is 1.42 bits per heavy atom. The van der Waals surface area contributed by atoms with Crippen molar-refractivity contribution in [2.75, 3.05) is 0 Å². The molecule has 0 fully saturated rings. The molecule has 0 aromatic carbocycles. The van der Waals surface area contributed by atoms with Crippen molar-refractivity contribution in [2.24, 2.45) is 0 Å². The highest BCUT2D eigenvalue weighted by Crippen LogP contribution is 2.27. The Balaban J connectivity index is 3.17. The highest BCUT2D eigenvalue weighted by Gasteiger charge is 2.30. The van der Waals surface area contributed by atoms with Gasteiger partial charge >= 0.3 is 0 Å². The fourth-order valence-electron chi connectivity index (χ4n) is 1.23. The molecule has 68 valence electrons. The Labute approximate surface area is 70.8 Å². The highest BCUT2D eigenvalue weighted by molar-refractivity contribution is 5.25. The minimum atomic E-state index is -1.81. The molecule has 0 radical (unpaired) electrons. The van der Waals surface area contributed by atoms with Gasteiger partial charge in [0.05, 0.1) is 11.3 Å². The minimum Gasteiger partial charge on any atom is -0.362 e. The lowest BCUT2D eigenvalue weighted by atomic mass is 10.0. The van der Waals surface area contributed by atoms with Gasteiger partial charge in [-0.3, -0.25) is 0 Å². The maximum absolute atomic E-state index is 9.50. The smallest absolute Gasteiger partial charge is 0.194 e. The average Bonchev–Trinajstić information content (AvgIpc) is 2.31. The molecular weight excluding hydrogens is 158 g/mol. The lowest BCUT2D eigenvalue weighted by molar-refractivity contribution is -0.172. The van der Waals surface area contributed by atoms with E-state index >= 15 is 0 Å². The molecular formula is C8H13NO3. The fourth-order valence-corrected chi connectivity index (χ4v) is 1.23. The van der Waals surface area contributed by atoms with E-state index in [9.17, 15) is 10.2 Å². The normalized spacial score (nSPS) is 12.1. The number of aryl methyl sites for hydroxylation is 2. The third kappa shape index (κ3) is 1.35. The van der Waals surface area contributed by atoms with Gasteiger partial charge in [0, 0.05) is 6.42 Å². The van der Waals surface area contributed by atoms with E-state index in [4.69, 9.17) is 4.52 Å². The quantitative estimate of drug-likeness (QED) is 0.647. The van der Waals surface area contributed by atoms with E-state index in [1.807, 2.05) is 0 Å². The average molecular weight is 171 g/mol. The van der Waals surface area contributed by atoms with Crippen LogP contribution in [0.5, 0.6) is 0 Å². The number of aromatic nitrogens is 1. The number of nitrogens with zero attached hydrogens (tertiary/aromatic N) is 1. The second-order valence-electron chi connectivity index (χ2n) is 2.87. The van der Waals surface area contributed by atoms with E-state index in [1.54, 1.807) is 20.8 Å². The molecule has 0 aliphatic heterocycles. The van der Waals surface area contributed by atoms with Gasteiger partial charge in [-0.05, 0) is 13.8 Å². The van der Waals surface area contributed by atoms with E-state index in [1.165, 1.54) is 0 Å². The first-order valence-corrected chi connectivity index (χ1v) is 3.87. The first-order chi connectivity index (χ1) is 5.49. The standard InChI is InChI=1S/C8H13NO3/c1-4-8(10,11)7-5(2)9-12-6(7)3/h10-11H,4H2,1-3H3. The van der Waals surface area contributed by atoms with Crippen molar-refractivity contribution in [3.63, 3.8) is 0 Å². The zero-order valence-electron chi connectivity index (χ0n) is 7.46. The Morgan fingerprint density at radius 3 is 2.33 bits per heavy atom. The summed E-state index contributed by atoms with van der Waals surface area (Å²) in [6.45, 7) is 5.03. The zero-order valence-corrected chi connectivity index (χ0v) is 7.46. The molecule has 0 amide bonds. The van der Waals surface area contributed by atoms with E-state index < -0.39 is 5.79 Å². The molecule has 0 aliphatic carbocycles. The molecule has 2 N–H and O–H groups in total. The third-order valence-electron chi connectivity index (χ3n) is 1.93. The summed E-state index contributed by atoms with van der Waals surface area (Å²) in [5.41, 5.74) is 0.907. The van der Waals surface area contributed by atoms with Crippen LogP contribution in [0.4, 0.5) is 0 Å². The molecule has 1 heterocycles. The van der Waals surface area contributed by atoms with Gasteiger partial charge < -0.3 is 14.7 Å². The van der Waals surface area contributed by atoms with Crippen LogP contribution in [0.1, 0.15) is 30.4 Å². The predicted octanol–water partition coefficient (Wildman–Crippen LogP) is 0.839. The first kappa shape index (κ1) is 9.22. The lowest BCUT2D eigenvalue weighted by Gasteiger charge is -2.18. The van der Waals surface area contributed by atoms with Crippen molar-refractivity contribution in [1.29, 1.82) is 0 Å². The largest absolute Gasteiger partial charge is 0.362 e. The highest BCUT2D eigenvalue weighted by atomic mass is 16.5. The molecule has 0 saturated carbocycles. The van der Waals surface area contributed by atoms with Crippen molar-refractivity contribution in [3.8, 4) is 0 Å². The molecule has 0 atom stereocenters. The summed E-state index contributed by atoms with van der Waals surface area (Å²) in [7, 11) is 0. The van der Waals surface area contributed by atoms with Crippen LogP contribution in [0.2, 0.25) is 0 Å². The van der Waals surface area contributed by atoms with Gasteiger partial charge in [-0.25, -0.2) is 0 Å². The van der Waals surface area contributed by atoms with Crippen LogP contribution in [0.3, 0.4) is 0 Å². The number of hydrogen-bond donors (Lipinski definition) is 2. The summed E-state index contributed by atoms with van der Waals surface area (Å²) in [4.78, 5) is 0. The SMILES string of the molecule is CCC(O)(O)c1c(C)noc1C. The summed E-state index contributed by atoms with van der Waals surface area (Å²) >= 11 is 0. The Kier molecular flexibility index (Phi) is 2.21. The number of rotatable bonds is 2. The summed E-state index contributed by atoms with van der Waals surface area (Å²) in [5, 5.41) is 22.6. The van der Waals surface area contributed by atoms with Gasteiger partial charge in [0.15, 0.2) is 5.79 Å². The summed E-state index contributed by atoms with van der Waals surface area (Å²) in [6.07, 6.45) is 0.218. The van der Waals surface area contributed by atoms with Gasteiger partial charge in [-0.1, -0.05) is 12.1 Å². The van der Waals surface area contributed by atoms with Crippen LogP contribution in [-0.2, 0) is 5.79 Å². The molecule has 1 aromatic rings. The van der Waals surface area contributed by atoms with Gasteiger partial charge in [-0.2, -0.15) is 0 Å².